The minimum Gasteiger partial charge on any atom is -0.491 e. The van der Waals surface area contributed by atoms with Gasteiger partial charge in [-0.05, 0) is 55.5 Å². The molecule has 7 nitrogen and oxygen atoms in total. The molecular formula is C26H32N2O5. The summed E-state index contributed by atoms with van der Waals surface area (Å²) in [6.07, 6.45) is 5.16. The second kappa shape index (κ2) is 10.3. The molecule has 3 aliphatic rings. The van der Waals surface area contributed by atoms with E-state index in [0.717, 1.165) is 73.8 Å². The van der Waals surface area contributed by atoms with E-state index >= 15 is 0 Å². The fourth-order valence-corrected chi connectivity index (χ4v) is 4.74. The van der Waals surface area contributed by atoms with E-state index in [4.69, 9.17) is 18.9 Å². The lowest BCUT2D eigenvalue weighted by atomic mass is 10.0. The highest BCUT2D eigenvalue weighted by Crippen LogP contribution is 2.38. The molecule has 0 spiro atoms. The standard InChI is InChI=1S/C26H32N2O5/c29-26(17-27-20-5-1-6-21(16-20)33-18-22-7-3-12-30-22)28-11-2-8-23(28)19-9-10-24-25(15-19)32-14-4-13-31-24/h1,5-6,9-10,15-16,22-23,27H,2-4,7-8,11-14,17-18H2/t22-,23-/m1/s1. The molecule has 2 saturated heterocycles. The van der Waals surface area contributed by atoms with Gasteiger partial charge in [0, 0.05) is 31.3 Å². The predicted molar refractivity (Wildman–Crippen MR) is 125 cm³/mol. The Labute approximate surface area is 195 Å². The highest BCUT2D eigenvalue weighted by atomic mass is 16.5. The first-order chi connectivity index (χ1) is 16.3. The van der Waals surface area contributed by atoms with Crippen LogP contribution in [0.25, 0.3) is 0 Å². The molecule has 0 bridgehead atoms. The summed E-state index contributed by atoms with van der Waals surface area (Å²) in [5, 5.41) is 3.27. The maximum Gasteiger partial charge on any atom is 0.242 e. The van der Waals surface area contributed by atoms with Crippen LogP contribution >= 0.6 is 0 Å². The molecule has 2 atom stereocenters. The Bertz CT molecular complexity index is 959. The maximum absolute atomic E-state index is 13.1. The van der Waals surface area contributed by atoms with E-state index in [9.17, 15) is 4.79 Å². The number of nitrogens with zero attached hydrogens (tertiary/aromatic N) is 1. The number of carbonyl (C=O) groups excluding carboxylic acids is 1. The van der Waals surface area contributed by atoms with Crippen LogP contribution in [0.1, 0.15) is 43.7 Å². The fraction of sp³-hybridized carbons (Fsp3) is 0.500. The Morgan fingerprint density at radius 2 is 1.91 bits per heavy atom. The highest BCUT2D eigenvalue weighted by Gasteiger charge is 2.30. The largest absolute Gasteiger partial charge is 0.491 e. The van der Waals surface area contributed by atoms with Gasteiger partial charge in [-0.25, -0.2) is 0 Å². The Morgan fingerprint density at radius 1 is 1.00 bits per heavy atom. The molecule has 7 heteroatoms. The summed E-state index contributed by atoms with van der Waals surface area (Å²) in [4.78, 5) is 15.1. The van der Waals surface area contributed by atoms with Crippen molar-refractivity contribution in [2.45, 2.75) is 44.2 Å². The van der Waals surface area contributed by atoms with Crippen molar-refractivity contribution in [2.24, 2.45) is 0 Å². The molecule has 0 aliphatic carbocycles. The molecule has 33 heavy (non-hydrogen) atoms. The molecule has 0 unspecified atom stereocenters. The number of fused-ring (bicyclic) bond motifs is 1. The van der Waals surface area contributed by atoms with E-state index in [1.165, 1.54) is 0 Å². The minimum absolute atomic E-state index is 0.0672. The molecule has 0 radical (unpaired) electrons. The van der Waals surface area contributed by atoms with Crippen LogP contribution in [-0.4, -0.2) is 56.4 Å². The molecule has 3 aliphatic heterocycles. The molecule has 1 amide bonds. The zero-order valence-corrected chi connectivity index (χ0v) is 19.0. The number of hydrogen-bond donors (Lipinski definition) is 1. The molecule has 0 aromatic heterocycles. The van der Waals surface area contributed by atoms with E-state index < -0.39 is 0 Å². The summed E-state index contributed by atoms with van der Waals surface area (Å²) in [5.74, 6) is 2.45. The third-order valence-electron chi connectivity index (χ3n) is 6.47. The second-order valence-electron chi connectivity index (χ2n) is 8.83. The van der Waals surface area contributed by atoms with Crippen molar-refractivity contribution in [2.75, 3.05) is 44.8 Å². The van der Waals surface area contributed by atoms with Crippen LogP contribution in [-0.2, 0) is 9.53 Å². The van der Waals surface area contributed by atoms with Crippen LogP contribution in [0.15, 0.2) is 42.5 Å². The van der Waals surface area contributed by atoms with E-state index in [0.29, 0.717) is 19.8 Å². The van der Waals surface area contributed by atoms with Crippen LogP contribution in [0.4, 0.5) is 5.69 Å². The van der Waals surface area contributed by atoms with Gasteiger partial charge in [0.15, 0.2) is 11.5 Å². The number of anilines is 1. The molecular weight excluding hydrogens is 420 g/mol. The number of ether oxygens (including phenoxy) is 4. The normalized spacial score (nSPS) is 22.1. The predicted octanol–water partition coefficient (Wildman–Crippen LogP) is 4.18. The molecule has 1 N–H and O–H groups in total. The van der Waals surface area contributed by atoms with E-state index in [1.807, 2.05) is 41.3 Å². The first-order valence-electron chi connectivity index (χ1n) is 12.0. The SMILES string of the molecule is O=C(CNc1cccc(OC[C@H]2CCCO2)c1)N1CCC[C@@H]1c1ccc2c(c1)OCCCO2. The Morgan fingerprint density at radius 3 is 2.79 bits per heavy atom. The lowest BCUT2D eigenvalue weighted by Crippen LogP contribution is -2.35. The molecule has 3 heterocycles. The summed E-state index contributed by atoms with van der Waals surface area (Å²) < 4.78 is 23.1. The molecule has 176 valence electrons. The van der Waals surface area contributed by atoms with E-state index in [1.54, 1.807) is 0 Å². The van der Waals surface area contributed by atoms with Crippen LogP contribution in [0.2, 0.25) is 0 Å². The van der Waals surface area contributed by atoms with Gasteiger partial charge in [-0.15, -0.1) is 0 Å². The molecule has 2 aromatic carbocycles. The zero-order valence-electron chi connectivity index (χ0n) is 19.0. The minimum atomic E-state index is 0.0672. The molecule has 2 fully saturated rings. The van der Waals surface area contributed by atoms with Gasteiger partial charge >= 0.3 is 0 Å². The van der Waals surface area contributed by atoms with Gasteiger partial charge in [0.25, 0.3) is 0 Å². The van der Waals surface area contributed by atoms with Crippen molar-refractivity contribution >= 4 is 11.6 Å². The van der Waals surface area contributed by atoms with Crippen molar-refractivity contribution in [1.82, 2.24) is 4.90 Å². The van der Waals surface area contributed by atoms with Crippen LogP contribution in [0.5, 0.6) is 17.2 Å². The molecule has 2 aromatic rings. The highest BCUT2D eigenvalue weighted by molar-refractivity contribution is 5.81. The summed E-state index contributed by atoms with van der Waals surface area (Å²) in [7, 11) is 0. The summed E-state index contributed by atoms with van der Waals surface area (Å²) >= 11 is 0. The average molecular weight is 453 g/mol. The number of carbonyl (C=O) groups is 1. The monoisotopic (exact) mass is 452 g/mol. The van der Waals surface area contributed by atoms with Crippen LogP contribution in [0.3, 0.4) is 0 Å². The van der Waals surface area contributed by atoms with E-state index in [2.05, 4.69) is 11.4 Å². The van der Waals surface area contributed by atoms with E-state index in [-0.39, 0.29) is 24.6 Å². The van der Waals surface area contributed by atoms with Crippen molar-refractivity contribution in [3.8, 4) is 17.2 Å². The number of benzene rings is 2. The zero-order chi connectivity index (χ0) is 22.5. The Balaban J connectivity index is 1.18. The van der Waals surface area contributed by atoms with Crippen LogP contribution in [0, 0.1) is 0 Å². The smallest absolute Gasteiger partial charge is 0.242 e. The van der Waals surface area contributed by atoms with Crippen molar-refractivity contribution < 1.29 is 23.7 Å². The van der Waals surface area contributed by atoms with Crippen molar-refractivity contribution in [3.63, 3.8) is 0 Å². The lowest BCUT2D eigenvalue weighted by molar-refractivity contribution is -0.130. The number of rotatable bonds is 7. The molecule has 0 saturated carbocycles. The Kier molecular flexibility index (Phi) is 6.86. The van der Waals surface area contributed by atoms with Gasteiger partial charge in [0.05, 0.1) is 31.9 Å². The summed E-state index contributed by atoms with van der Waals surface area (Å²) in [6.45, 7) is 3.73. The fourth-order valence-electron chi connectivity index (χ4n) is 4.74. The van der Waals surface area contributed by atoms with Gasteiger partial charge in [0.2, 0.25) is 5.91 Å². The summed E-state index contributed by atoms with van der Waals surface area (Å²) in [5.41, 5.74) is 1.98. The van der Waals surface area contributed by atoms with Gasteiger partial charge < -0.3 is 29.2 Å². The van der Waals surface area contributed by atoms with Gasteiger partial charge in [0.1, 0.15) is 12.4 Å². The topological polar surface area (TPSA) is 69.3 Å². The van der Waals surface area contributed by atoms with Gasteiger partial charge in [-0.1, -0.05) is 12.1 Å². The number of likely N-dealkylation sites (tertiary alicyclic amines) is 1. The number of nitrogens with one attached hydrogen (secondary N) is 1. The average Bonchev–Trinajstić information content (AvgIpc) is 3.49. The van der Waals surface area contributed by atoms with Crippen molar-refractivity contribution in [1.29, 1.82) is 0 Å². The Hall–Kier alpha value is -2.93. The van der Waals surface area contributed by atoms with Gasteiger partial charge in [-0.3, -0.25) is 4.79 Å². The van der Waals surface area contributed by atoms with Gasteiger partial charge in [-0.2, -0.15) is 0 Å². The number of hydrogen-bond acceptors (Lipinski definition) is 6. The van der Waals surface area contributed by atoms with Crippen molar-refractivity contribution in [3.05, 3.63) is 48.0 Å². The first-order valence-corrected chi connectivity index (χ1v) is 12.0. The first kappa shape index (κ1) is 21.9. The number of amides is 1. The van der Waals surface area contributed by atoms with Crippen LogP contribution < -0.4 is 19.5 Å². The third-order valence-corrected chi connectivity index (χ3v) is 6.47. The maximum atomic E-state index is 13.1. The lowest BCUT2D eigenvalue weighted by Gasteiger charge is -2.26. The third kappa shape index (κ3) is 5.36. The quantitative estimate of drug-likeness (QED) is 0.680. The molecule has 5 rings (SSSR count). The second-order valence-corrected chi connectivity index (χ2v) is 8.83. The summed E-state index contributed by atoms with van der Waals surface area (Å²) in [6, 6.07) is 13.9.